The molecule has 0 aliphatic heterocycles. The molecule has 0 aromatic heterocycles. The van der Waals surface area contributed by atoms with Crippen molar-refractivity contribution in [1.29, 1.82) is 0 Å². The standard InChI is InChI=1S/C20H22N2O5/c1-3-26-17-7-5-4-6-16(17)20(25)21-12-19(24)27-13-18(23)22-15-10-8-14(2)9-11-15/h4-11H,3,12-13H2,1-2H3,(H,21,25)(H,22,23). The molecule has 0 atom stereocenters. The lowest BCUT2D eigenvalue weighted by Gasteiger charge is -2.10. The highest BCUT2D eigenvalue weighted by molar-refractivity contribution is 5.98. The van der Waals surface area contributed by atoms with Crippen LogP contribution in [0.1, 0.15) is 22.8 Å². The monoisotopic (exact) mass is 370 g/mol. The number of esters is 1. The summed E-state index contributed by atoms with van der Waals surface area (Å²) in [7, 11) is 0. The summed E-state index contributed by atoms with van der Waals surface area (Å²) in [6, 6.07) is 13.9. The smallest absolute Gasteiger partial charge is 0.325 e. The van der Waals surface area contributed by atoms with Crippen LogP contribution in [-0.2, 0) is 14.3 Å². The zero-order valence-electron chi connectivity index (χ0n) is 15.3. The third-order valence-corrected chi connectivity index (χ3v) is 3.52. The first-order chi connectivity index (χ1) is 13.0. The quantitative estimate of drug-likeness (QED) is 0.696. The number of nitrogens with one attached hydrogen (secondary N) is 2. The van der Waals surface area contributed by atoms with E-state index in [1.54, 1.807) is 36.4 Å². The Balaban J connectivity index is 1.76. The Labute approximate surface area is 157 Å². The molecular formula is C20H22N2O5. The van der Waals surface area contributed by atoms with Gasteiger partial charge in [-0.25, -0.2) is 0 Å². The Morgan fingerprint density at radius 2 is 1.70 bits per heavy atom. The average molecular weight is 370 g/mol. The third kappa shape index (κ3) is 6.47. The summed E-state index contributed by atoms with van der Waals surface area (Å²) in [4.78, 5) is 35.7. The molecule has 0 radical (unpaired) electrons. The zero-order valence-corrected chi connectivity index (χ0v) is 15.3. The molecule has 0 saturated heterocycles. The van der Waals surface area contributed by atoms with E-state index in [1.807, 2.05) is 26.0 Å². The van der Waals surface area contributed by atoms with Crippen molar-refractivity contribution < 1.29 is 23.9 Å². The average Bonchev–Trinajstić information content (AvgIpc) is 2.67. The molecule has 2 N–H and O–H groups in total. The van der Waals surface area contributed by atoms with Crippen LogP contribution in [0.4, 0.5) is 5.69 Å². The second-order valence-corrected chi connectivity index (χ2v) is 5.69. The lowest BCUT2D eigenvalue weighted by Crippen LogP contribution is -2.32. The van der Waals surface area contributed by atoms with Gasteiger partial charge in [-0.05, 0) is 38.1 Å². The second-order valence-electron chi connectivity index (χ2n) is 5.69. The van der Waals surface area contributed by atoms with Crippen molar-refractivity contribution in [1.82, 2.24) is 5.32 Å². The molecule has 142 valence electrons. The molecule has 2 aromatic carbocycles. The van der Waals surface area contributed by atoms with Gasteiger partial charge >= 0.3 is 5.97 Å². The van der Waals surface area contributed by atoms with Crippen molar-refractivity contribution >= 4 is 23.5 Å². The number of ether oxygens (including phenoxy) is 2. The molecule has 0 unspecified atom stereocenters. The van der Waals surface area contributed by atoms with E-state index in [2.05, 4.69) is 10.6 Å². The van der Waals surface area contributed by atoms with Crippen molar-refractivity contribution in [2.24, 2.45) is 0 Å². The first-order valence-corrected chi connectivity index (χ1v) is 8.51. The minimum atomic E-state index is -0.712. The number of anilines is 1. The van der Waals surface area contributed by atoms with E-state index >= 15 is 0 Å². The van der Waals surface area contributed by atoms with Crippen LogP contribution in [0.25, 0.3) is 0 Å². The van der Waals surface area contributed by atoms with Crippen LogP contribution in [-0.4, -0.2) is 37.5 Å². The first-order valence-electron chi connectivity index (χ1n) is 8.51. The van der Waals surface area contributed by atoms with Gasteiger partial charge < -0.3 is 20.1 Å². The molecule has 0 aliphatic rings. The summed E-state index contributed by atoms with van der Waals surface area (Å²) in [5, 5.41) is 5.07. The number of hydrogen-bond donors (Lipinski definition) is 2. The highest BCUT2D eigenvalue weighted by Crippen LogP contribution is 2.17. The molecule has 27 heavy (non-hydrogen) atoms. The molecule has 2 aromatic rings. The molecular weight excluding hydrogens is 348 g/mol. The molecule has 0 aliphatic carbocycles. The Morgan fingerprint density at radius 3 is 2.41 bits per heavy atom. The number of carbonyl (C=O) groups excluding carboxylic acids is 3. The van der Waals surface area contributed by atoms with Crippen LogP contribution >= 0.6 is 0 Å². The molecule has 7 heteroatoms. The minimum Gasteiger partial charge on any atom is -0.493 e. The van der Waals surface area contributed by atoms with Crippen molar-refractivity contribution in [3.05, 3.63) is 59.7 Å². The molecule has 0 bridgehead atoms. The normalized spacial score (nSPS) is 10.0. The summed E-state index contributed by atoms with van der Waals surface area (Å²) in [5.41, 5.74) is 2.01. The molecule has 0 fully saturated rings. The fraction of sp³-hybridized carbons (Fsp3) is 0.250. The Kier molecular flexibility index (Phi) is 7.37. The van der Waals surface area contributed by atoms with Crippen LogP contribution in [0.15, 0.2) is 48.5 Å². The number of hydrogen-bond acceptors (Lipinski definition) is 5. The predicted octanol–water partition coefficient (Wildman–Crippen LogP) is 2.31. The summed E-state index contributed by atoms with van der Waals surface area (Å²) in [6.45, 7) is 3.39. The fourth-order valence-corrected chi connectivity index (χ4v) is 2.21. The van der Waals surface area contributed by atoms with E-state index in [9.17, 15) is 14.4 Å². The highest BCUT2D eigenvalue weighted by atomic mass is 16.5. The van der Waals surface area contributed by atoms with Crippen molar-refractivity contribution in [2.75, 3.05) is 25.1 Å². The molecule has 0 spiro atoms. The highest BCUT2D eigenvalue weighted by Gasteiger charge is 2.14. The van der Waals surface area contributed by atoms with E-state index in [0.29, 0.717) is 23.6 Å². The van der Waals surface area contributed by atoms with Gasteiger partial charge in [0.25, 0.3) is 11.8 Å². The van der Waals surface area contributed by atoms with Crippen molar-refractivity contribution in [3.63, 3.8) is 0 Å². The van der Waals surface area contributed by atoms with Crippen molar-refractivity contribution in [2.45, 2.75) is 13.8 Å². The van der Waals surface area contributed by atoms with E-state index in [4.69, 9.17) is 9.47 Å². The summed E-state index contributed by atoms with van der Waals surface area (Å²) < 4.78 is 10.2. The first kappa shape index (κ1) is 20.0. The van der Waals surface area contributed by atoms with Gasteiger partial charge in [0.2, 0.25) is 0 Å². The summed E-state index contributed by atoms with van der Waals surface area (Å²) in [6.07, 6.45) is 0. The number of carbonyl (C=O) groups is 3. The summed E-state index contributed by atoms with van der Waals surface area (Å²) >= 11 is 0. The largest absolute Gasteiger partial charge is 0.493 e. The minimum absolute atomic E-state index is 0.323. The van der Waals surface area contributed by atoms with Crippen LogP contribution in [0.2, 0.25) is 0 Å². The van der Waals surface area contributed by atoms with E-state index in [-0.39, 0.29) is 6.54 Å². The van der Waals surface area contributed by atoms with Crippen LogP contribution in [0, 0.1) is 6.92 Å². The molecule has 7 nitrogen and oxygen atoms in total. The summed E-state index contributed by atoms with van der Waals surface area (Å²) in [5.74, 6) is -1.19. The topological polar surface area (TPSA) is 93.7 Å². The molecule has 0 saturated carbocycles. The third-order valence-electron chi connectivity index (χ3n) is 3.52. The van der Waals surface area contributed by atoms with Gasteiger partial charge in [0.1, 0.15) is 12.3 Å². The SMILES string of the molecule is CCOc1ccccc1C(=O)NCC(=O)OCC(=O)Nc1ccc(C)cc1. The van der Waals surface area contributed by atoms with Gasteiger partial charge in [-0.2, -0.15) is 0 Å². The number of benzene rings is 2. The van der Waals surface area contributed by atoms with Crippen LogP contribution in [0.5, 0.6) is 5.75 Å². The maximum atomic E-state index is 12.2. The van der Waals surface area contributed by atoms with Gasteiger partial charge in [0.05, 0.1) is 12.2 Å². The maximum Gasteiger partial charge on any atom is 0.325 e. The van der Waals surface area contributed by atoms with Crippen LogP contribution < -0.4 is 15.4 Å². The maximum absolute atomic E-state index is 12.2. The van der Waals surface area contributed by atoms with Gasteiger partial charge in [-0.3, -0.25) is 14.4 Å². The zero-order chi connectivity index (χ0) is 19.6. The van der Waals surface area contributed by atoms with Gasteiger partial charge in [-0.1, -0.05) is 29.8 Å². The van der Waals surface area contributed by atoms with Crippen LogP contribution in [0.3, 0.4) is 0 Å². The Hall–Kier alpha value is -3.35. The number of rotatable bonds is 8. The number of para-hydroxylation sites is 1. The molecule has 2 amide bonds. The van der Waals surface area contributed by atoms with Gasteiger partial charge in [0.15, 0.2) is 6.61 Å². The fourth-order valence-electron chi connectivity index (χ4n) is 2.21. The van der Waals surface area contributed by atoms with E-state index in [0.717, 1.165) is 5.56 Å². The van der Waals surface area contributed by atoms with Crippen molar-refractivity contribution in [3.8, 4) is 5.75 Å². The Bertz CT molecular complexity index is 802. The molecule has 0 heterocycles. The number of amides is 2. The second kappa shape index (κ2) is 9.96. The Morgan fingerprint density at radius 1 is 1.00 bits per heavy atom. The lowest BCUT2D eigenvalue weighted by atomic mass is 10.2. The lowest BCUT2D eigenvalue weighted by molar-refractivity contribution is -0.146. The van der Waals surface area contributed by atoms with Gasteiger partial charge in [0, 0.05) is 5.69 Å². The van der Waals surface area contributed by atoms with E-state index < -0.39 is 24.4 Å². The predicted molar refractivity (Wildman–Crippen MR) is 101 cm³/mol. The molecule has 2 rings (SSSR count). The number of aryl methyl sites for hydroxylation is 1. The van der Waals surface area contributed by atoms with E-state index in [1.165, 1.54) is 0 Å². The van der Waals surface area contributed by atoms with Gasteiger partial charge in [-0.15, -0.1) is 0 Å².